The monoisotopic (exact) mass is 283 g/mol. The molecule has 2 N–H and O–H groups in total. The summed E-state index contributed by atoms with van der Waals surface area (Å²) in [4.78, 5) is 26.0. The molecule has 0 unspecified atom stereocenters. The van der Waals surface area contributed by atoms with Crippen molar-refractivity contribution in [1.82, 2.24) is 25.1 Å². The smallest absolute Gasteiger partial charge is 0.265 e. The third-order valence-corrected chi connectivity index (χ3v) is 3.73. The zero-order valence-corrected chi connectivity index (χ0v) is 11.6. The molecule has 104 valence electrons. The number of piperazine rings is 1. The maximum absolute atomic E-state index is 11.9. The molecule has 2 rings (SSSR count). The second kappa shape index (κ2) is 6.58. The molecule has 7 nitrogen and oxygen atoms in total. The van der Waals surface area contributed by atoms with Gasteiger partial charge in [-0.15, -0.1) is 5.10 Å². The average Bonchev–Trinajstić information content (AvgIpc) is 2.93. The van der Waals surface area contributed by atoms with Crippen molar-refractivity contribution in [3.8, 4) is 0 Å². The van der Waals surface area contributed by atoms with Gasteiger partial charge in [-0.25, -0.2) is 0 Å². The Morgan fingerprint density at radius 2 is 2.16 bits per heavy atom. The summed E-state index contributed by atoms with van der Waals surface area (Å²) in [7, 11) is 0. The molecule has 0 bridgehead atoms. The largest absolute Gasteiger partial charge is 0.342 e. The standard InChI is InChI=1S/C11H17N5O2S/c1-2-8-10(19-15-14-8)11(18)13-7-9(17)16-5-3-12-4-6-16/h12H,2-7H2,1H3,(H,13,18). The number of carbonyl (C=O) groups excluding carboxylic acids is 2. The van der Waals surface area contributed by atoms with Crippen molar-refractivity contribution in [2.75, 3.05) is 32.7 Å². The van der Waals surface area contributed by atoms with Crippen LogP contribution in [0.4, 0.5) is 0 Å². The Morgan fingerprint density at radius 3 is 2.84 bits per heavy atom. The lowest BCUT2D eigenvalue weighted by molar-refractivity contribution is -0.130. The highest BCUT2D eigenvalue weighted by molar-refractivity contribution is 7.08. The summed E-state index contributed by atoms with van der Waals surface area (Å²) in [5.74, 6) is -0.319. The van der Waals surface area contributed by atoms with E-state index in [1.54, 1.807) is 4.90 Å². The number of nitrogens with one attached hydrogen (secondary N) is 2. The van der Waals surface area contributed by atoms with Crippen molar-refractivity contribution >= 4 is 23.3 Å². The number of nitrogens with zero attached hydrogens (tertiary/aromatic N) is 3. The van der Waals surface area contributed by atoms with Crippen molar-refractivity contribution in [3.63, 3.8) is 0 Å². The van der Waals surface area contributed by atoms with E-state index in [0.717, 1.165) is 24.6 Å². The lowest BCUT2D eigenvalue weighted by atomic mass is 10.3. The highest BCUT2D eigenvalue weighted by Gasteiger charge is 2.19. The topological polar surface area (TPSA) is 87.2 Å². The summed E-state index contributed by atoms with van der Waals surface area (Å²) in [6.45, 7) is 4.93. The van der Waals surface area contributed by atoms with Gasteiger partial charge in [0, 0.05) is 26.2 Å². The number of hydrogen-bond donors (Lipinski definition) is 2. The molecule has 0 spiro atoms. The maximum Gasteiger partial charge on any atom is 0.265 e. The minimum atomic E-state index is -0.268. The van der Waals surface area contributed by atoms with Gasteiger partial charge in [0.2, 0.25) is 5.91 Å². The van der Waals surface area contributed by atoms with E-state index >= 15 is 0 Å². The fourth-order valence-electron chi connectivity index (χ4n) is 1.87. The molecule has 0 saturated carbocycles. The van der Waals surface area contributed by atoms with Gasteiger partial charge in [-0.05, 0) is 18.0 Å². The van der Waals surface area contributed by atoms with Gasteiger partial charge in [0.05, 0.1) is 12.2 Å². The minimum Gasteiger partial charge on any atom is -0.342 e. The molecule has 2 amide bonds. The average molecular weight is 283 g/mol. The molecule has 1 aliphatic rings. The fourth-order valence-corrected chi connectivity index (χ4v) is 2.54. The molecule has 8 heteroatoms. The summed E-state index contributed by atoms with van der Waals surface area (Å²) in [5.41, 5.74) is 0.678. The zero-order chi connectivity index (χ0) is 13.7. The van der Waals surface area contributed by atoms with Gasteiger partial charge < -0.3 is 15.5 Å². The van der Waals surface area contributed by atoms with Gasteiger partial charge >= 0.3 is 0 Å². The minimum absolute atomic E-state index is 0.0277. The summed E-state index contributed by atoms with van der Waals surface area (Å²) in [6, 6.07) is 0. The van der Waals surface area contributed by atoms with E-state index in [0.29, 0.717) is 30.1 Å². The molecule has 1 aliphatic heterocycles. The van der Waals surface area contributed by atoms with Crippen LogP contribution in [-0.4, -0.2) is 59.0 Å². The molecule has 2 heterocycles. The number of hydrogen-bond acceptors (Lipinski definition) is 6. The van der Waals surface area contributed by atoms with Crippen molar-refractivity contribution in [2.24, 2.45) is 0 Å². The Morgan fingerprint density at radius 1 is 1.42 bits per heavy atom. The van der Waals surface area contributed by atoms with Crippen LogP contribution in [-0.2, 0) is 11.2 Å². The van der Waals surface area contributed by atoms with Crippen LogP contribution in [0.2, 0.25) is 0 Å². The molecular formula is C11H17N5O2S. The van der Waals surface area contributed by atoms with Crippen LogP contribution < -0.4 is 10.6 Å². The van der Waals surface area contributed by atoms with E-state index < -0.39 is 0 Å². The second-order valence-corrected chi connectivity index (χ2v) is 4.97. The molecular weight excluding hydrogens is 266 g/mol. The van der Waals surface area contributed by atoms with Gasteiger partial charge in [0.25, 0.3) is 5.91 Å². The quantitative estimate of drug-likeness (QED) is 0.760. The first-order chi connectivity index (χ1) is 9.22. The number of amides is 2. The van der Waals surface area contributed by atoms with Gasteiger partial charge in [-0.1, -0.05) is 11.4 Å². The Bertz CT molecular complexity index is 456. The highest BCUT2D eigenvalue weighted by Crippen LogP contribution is 2.10. The second-order valence-electron chi connectivity index (χ2n) is 4.22. The summed E-state index contributed by atoms with van der Waals surface area (Å²) < 4.78 is 3.76. The Hall–Kier alpha value is -1.54. The summed E-state index contributed by atoms with van der Waals surface area (Å²) in [6.07, 6.45) is 0.658. The lowest BCUT2D eigenvalue weighted by Gasteiger charge is -2.27. The third kappa shape index (κ3) is 3.48. The molecule has 1 fully saturated rings. The Balaban J connectivity index is 1.84. The summed E-state index contributed by atoms with van der Waals surface area (Å²) in [5, 5.41) is 9.69. The van der Waals surface area contributed by atoms with E-state index in [1.807, 2.05) is 6.92 Å². The first kappa shape index (κ1) is 13.9. The van der Waals surface area contributed by atoms with Gasteiger partial charge in [0.1, 0.15) is 4.88 Å². The first-order valence-electron chi connectivity index (χ1n) is 6.30. The predicted molar refractivity (Wildman–Crippen MR) is 71.1 cm³/mol. The molecule has 1 aromatic heterocycles. The first-order valence-corrected chi connectivity index (χ1v) is 7.07. The summed E-state index contributed by atoms with van der Waals surface area (Å²) >= 11 is 1.06. The number of rotatable bonds is 4. The van der Waals surface area contributed by atoms with Crippen molar-refractivity contribution in [2.45, 2.75) is 13.3 Å². The molecule has 1 saturated heterocycles. The normalized spacial score (nSPS) is 15.3. The van der Waals surface area contributed by atoms with Crippen LogP contribution in [0.5, 0.6) is 0 Å². The van der Waals surface area contributed by atoms with Crippen LogP contribution in [0.3, 0.4) is 0 Å². The van der Waals surface area contributed by atoms with Crippen LogP contribution in [0.15, 0.2) is 0 Å². The third-order valence-electron chi connectivity index (χ3n) is 2.97. The molecule has 0 aromatic carbocycles. The molecule has 0 radical (unpaired) electrons. The van der Waals surface area contributed by atoms with Crippen LogP contribution >= 0.6 is 11.5 Å². The number of aromatic nitrogens is 2. The Labute approximate surface area is 115 Å². The van der Waals surface area contributed by atoms with Crippen molar-refractivity contribution < 1.29 is 9.59 Å². The van der Waals surface area contributed by atoms with E-state index in [9.17, 15) is 9.59 Å². The van der Waals surface area contributed by atoms with Crippen LogP contribution in [0, 0.1) is 0 Å². The zero-order valence-electron chi connectivity index (χ0n) is 10.8. The van der Waals surface area contributed by atoms with Crippen LogP contribution in [0.1, 0.15) is 22.3 Å². The van der Waals surface area contributed by atoms with Crippen molar-refractivity contribution in [3.05, 3.63) is 10.6 Å². The molecule has 0 atom stereocenters. The van der Waals surface area contributed by atoms with E-state index in [1.165, 1.54) is 0 Å². The van der Waals surface area contributed by atoms with E-state index in [2.05, 4.69) is 20.2 Å². The highest BCUT2D eigenvalue weighted by atomic mass is 32.1. The Kier molecular flexibility index (Phi) is 4.80. The number of carbonyl (C=O) groups is 2. The van der Waals surface area contributed by atoms with Gasteiger partial charge in [0.15, 0.2) is 0 Å². The van der Waals surface area contributed by atoms with Gasteiger partial charge in [-0.3, -0.25) is 9.59 Å². The molecule has 19 heavy (non-hydrogen) atoms. The maximum atomic E-state index is 11.9. The SMILES string of the molecule is CCc1nnsc1C(=O)NCC(=O)N1CCNCC1. The lowest BCUT2D eigenvalue weighted by Crippen LogP contribution is -2.49. The van der Waals surface area contributed by atoms with E-state index in [4.69, 9.17) is 0 Å². The van der Waals surface area contributed by atoms with Crippen molar-refractivity contribution in [1.29, 1.82) is 0 Å². The predicted octanol–water partition coefficient (Wildman–Crippen LogP) is -0.738. The molecule has 1 aromatic rings. The van der Waals surface area contributed by atoms with Gasteiger partial charge in [-0.2, -0.15) is 0 Å². The van der Waals surface area contributed by atoms with Crippen LogP contribution in [0.25, 0.3) is 0 Å². The molecule has 0 aliphatic carbocycles. The fraction of sp³-hybridized carbons (Fsp3) is 0.636. The van der Waals surface area contributed by atoms with E-state index in [-0.39, 0.29) is 18.4 Å². The number of aryl methyl sites for hydroxylation is 1.